The van der Waals surface area contributed by atoms with Crippen LogP contribution in [0.5, 0.6) is 0 Å². The average Bonchev–Trinajstić information content (AvgIpc) is 2.84. The Hall–Kier alpha value is -3.77. The SMILES string of the molecule is O=C(CN1CCCCC1)c1cccc2[nH]c3cc4c(=O)c5ccccc5[nH]c4cc3c(=O)c12. The molecule has 164 valence electrons. The highest BCUT2D eigenvalue weighted by atomic mass is 16.1. The summed E-state index contributed by atoms with van der Waals surface area (Å²) >= 11 is 0. The van der Waals surface area contributed by atoms with Crippen molar-refractivity contribution in [3.05, 3.63) is 80.6 Å². The Morgan fingerprint density at radius 3 is 2.18 bits per heavy atom. The molecular weight excluding hydrogens is 414 g/mol. The second-order valence-electron chi connectivity index (χ2n) is 8.89. The van der Waals surface area contributed by atoms with Gasteiger partial charge in [-0.3, -0.25) is 19.3 Å². The fraction of sp³-hybridized carbons (Fsp3) is 0.222. The molecule has 0 atom stereocenters. The number of hydrogen-bond acceptors (Lipinski definition) is 4. The summed E-state index contributed by atoms with van der Waals surface area (Å²) in [6, 6.07) is 16.2. The second kappa shape index (κ2) is 7.67. The number of pyridine rings is 2. The van der Waals surface area contributed by atoms with Crippen molar-refractivity contribution in [2.45, 2.75) is 19.3 Å². The van der Waals surface area contributed by atoms with Crippen LogP contribution < -0.4 is 10.9 Å². The maximum atomic E-state index is 13.6. The van der Waals surface area contributed by atoms with Gasteiger partial charge in [-0.1, -0.05) is 30.7 Å². The van der Waals surface area contributed by atoms with Crippen molar-refractivity contribution >= 4 is 49.4 Å². The number of aromatic nitrogens is 2. The quantitative estimate of drug-likeness (QED) is 0.325. The maximum Gasteiger partial charge on any atom is 0.198 e. The fourth-order valence-electron chi connectivity index (χ4n) is 5.08. The van der Waals surface area contributed by atoms with Crippen LogP contribution >= 0.6 is 0 Å². The summed E-state index contributed by atoms with van der Waals surface area (Å²) in [5.74, 6) is -0.0347. The van der Waals surface area contributed by atoms with Crippen molar-refractivity contribution in [2.75, 3.05) is 19.6 Å². The van der Waals surface area contributed by atoms with Crippen LogP contribution in [0.2, 0.25) is 0 Å². The molecule has 5 aromatic rings. The predicted octanol–water partition coefficient (Wildman–Crippen LogP) is 4.34. The molecule has 3 heterocycles. The number of carbonyl (C=O) groups is 1. The third-order valence-electron chi connectivity index (χ3n) is 6.77. The van der Waals surface area contributed by atoms with E-state index < -0.39 is 0 Å². The Morgan fingerprint density at radius 1 is 0.727 bits per heavy atom. The summed E-state index contributed by atoms with van der Waals surface area (Å²) in [5.41, 5.74) is 2.70. The molecule has 33 heavy (non-hydrogen) atoms. The molecule has 1 aliphatic heterocycles. The van der Waals surface area contributed by atoms with Crippen molar-refractivity contribution in [2.24, 2.45) is 0 Å². The normalized spacial score (nSPS) is 15.0. The van der Waals surface area contributed by atoms with Crippen LogP contribution in [-0.4, -0.2) is 40.3 Å². The molecular formula is C27H23N3O3. The number of Topliss-reactive ketones (excluding diaryl/α,β-unsaturated/α-hetero) is 1. The van der Waals surface area contributed by atoms with E-state index in [2.05, 4.69) is 14.9 Å². The molecule has 0 spiro atoms. The van der Waals surface area contributed by atoms with E-state index in [-0.39, 0.29) is 16.6 Å². The molecule has 0 amide bonds. The van der Waals surface area contributed by atoms with Gasteiger partial charge in [0.25, 0.3) is 0 Å². The number of likely N-dealkylation sites (tertiary alicyclic amines) is 1. The number of benzene rings is 3. The largest absolute Gasteiger partial charge is 0.354 e. The molecule has 2 N–H and O–H groups in total. The summed E-state index contributed by atoms with van der Waals surface area (Å²) in [4.78, 5) is 48.6. The minimum Gasteiger partial charge on any atom is -0.354 e. The van der Waals surface area contributed by atoms with Crippen LogP contribution in [0, 0.1) is 0 Å². The van der Waals surface area contributed by atoms with E-state index in [1.165, 1.54) is 6.42 Å². The van der Waals surface area contributed by atoms with Crippen LogP contribution in [0.15, 0.2) is 64.2 Å². The van der Waals surface area contributed by atoms with Gasteiger partial charge in [-0.25, -0.2) is 0 Å². The first-order valence-corrected chi connectivity index (χ1v) is 11.4. The Morgan fingerprint density at radius 2 is 1.39 bits per heavy atom. The van der Waals surface area contributed by atoms with Gasteiger partial charge in [0.05, 0.1) is 28.5 Å². The molecule has 0 bridgehead atoms. The Balaban J connectivity index is 1.57. The highest BCUT2D eigenvalue weighted by Crippen LogP contribution is 2.23. The zero-order valence-corrected chi connectivity index (χ0v) is 18.1. The number of rotatable bonds is 3. The lowest BCUT2D eigenvalue weighted by Gasteiger charge is -2.25. The summed E-state index contributed by atoms with van der Waals surface area (Å²) in [7, 11) is 0. The van der Waals surface area contributed by atoms with Crippen molar-refractivity contribution in [1.29, 1.82) is 0 Å². The number of nitrogens with one attached hydrogen (secondary N) is 2. The van der Waals surface area contributed by atoms with Gasteiger partial charge in [-0.05, 0) is 56.3 Å². The molecule has 0 radical (unpaired) electrons. The molecule has 0 saturated carbocycles. The highest BCUT2D eigenvalue weighted by molar-refractivity contribution is 6.11. The molecule has 1 aliphatic rings. The lowest BCUT2D eigenvalue weighted by molar-refractivity contribution is 0.0917. The third-order valence-corrected chi connectivity index (χ3v) is 6.77. The van der Waals surface area contributed by atoms with Crippen molar-refractivity contribution in [3.8, 4) is 0 Å². The van der Waals surface area contributed by atoms with Gasteiger partial charge in [0.2, 0.25) is 0 Å². The minimum absolute atomic E-state index is 0.0347. The Bertz CT molecular complexity index is 1690. The molecule has 6 heteroatoms. The van der Waals surface area contributed by atoms with E-state index in [9.17, 15) is 14.4 Å². The van der Waals surface area contributed by atoms with Gasteiger partial charge < -0.3 is 9.97 Å². The second-order valence-corrected chi connectivity index (χ2v) is 8.89. The smallest absolute Gasteiger partial charge is 0.198 e. The summed E-state index contributed by atoms with van der Waals surface area (Å²) in [6.45, 7) is 2.17. The lowest BCUT2D eigenvalue weighted by Crippen LogP contribution is -2.34. The lowest BCUT2D eigenvalue weighted by atomic mass is 10.00. The van der Waals surface area contributed by atoms with Crippen molar-refractivity contribution < 1.29 is 4.79 Å². The van der Waals surface area contributed by atoms with Crippen molar-refractivity contribution in [3.63, 3.8) is 0 Å². The number of ketones is 1. The highest BCUT2D eigenvalue weighted by Gasteiger charge is 2.19. The summed E-state index contributed by atoms with van der Waals surface area (Å²) in [5, 5.41) is 2.00. The Labute approximate surface area is 188 Å². The standard InChI is InChI=1S/C27H23N3O3/c31-24(15-30-11-4-1-5-12-30)17-8-6-10-21-25(17)27(33)19-14-22-18(13-23(19)29-21)26(32)16-7-2-3-9-20(16)28-22/h2-3,6-10,13-14H,1,4-5,11-12,15H2,(H,28,32)(H,29,33). The first-order valence-electron chi connectivity index (χ1n) is 11.4. The number of para-hydroxylation sites is 1. The third kappa shape index (κ3) is 3.26. The molecule has 0 unspecified atom stereocenters. The molecule has 0 aliphatic carbocycles. The van der Waals surface area contributed by atoms with Gasteiger partial charge in [-0.2, -0.15) is 0 Å². The van der Waals surface area contributed by atoms with Crippen LogP contribution in [-0.2, 0) is 0 Å². The number of H-pyrrole nitrogens is 2. The maximum absolute atomic E-state index is 13.6. The minimum atomic E-state index is -0.197. The number of fused-ring (bicyclic) bond motifs is 4. The van der Waals surface area contributed by atoms with Gasteiger partial charge in [0.1, 0.15) is 0 Å². The molecule has 3 aromatic carbocycles. The molecule has 2 aromatic heterocycles. The van der Waals surface area contributed by atoms with Crippen LogP contribution in [0.4, 0.5) is 0 Å². The molecule has 6 rings (SSSR count). The monoisotopic (exact) mass is 437 g/mol. The first kappa shape index (κ1) is 19.9. The zero-order valence-electron chi connectivity index (χ0n) is 18.1. The first-order chi connectivity index (χ1) is 16.1. The number of carbonyl (C=O) groups excluding carboxylic acids is 1. The van der Waals surface area contributed by atoms with Gasteiger partial charge in [0.15, 0.2) is 16.6 Å². The summed E-state index contributed by atoms with van der Waals surface area (Å²) in [6.07, 6.45) is 3.41. The van der Waals surface area contributed by atoms with E-state index >= 15 is 0 Å². The summed E-state index contributed by atoms with van der Waals surface area (Å²) < 4.78 is 0. The fourth-order valence-corrected chi connectivity index (χ4v) is 5.08. The molecule has 1 saturated heterocycles. The Kier molecular flexibility index (Phi) is 4.62. The number of nitrogens with zero attached hydrogens (tertiary/aromatic N) is 1. The van der Waals surface area contributed by atoms with Crippen LogP contribution in [0.3, 0.4) is 0 Å². The van der Waals surface area contributed by atoms with Crippen molar-refractivity contribution in [1.82, 2.24) is 14.9 Å². The van der Waals surface area contributed by atoms with E-state index in [1.807, 2.05) is 24.3 Å². The van der Waals surface area contributed by atoms with Crippen LogP contribution in [0.1, 0.15) is 29.6 Å². The zero-order chi connectivity index (χ0) is 22.5. The van der Waals surface area contributed by atoms with E-state index in [4.69, 9.17) is 0 Å². The van der Waals surface area contributed by atoms with E-state index in [0.717, 1.165) is 31.4 Å². The predicted molar refractivity (Wildman–Crippen MR) is 132 cm³/mol. The number of hydrogen-bond donors (Lipinski definition) is 2. The molecule has 6 nitrogen and oxygen atoms in total. The van der Waals surface area contributed by atoms with E-state index in [0.29, 0.717) is 50.2 Å². The van der Waals surface area contributed by atoms with Crippen LogP contribution in [0.25, 0.3) is 43.6 Å². The number of aromatic amines is 2. The average molecular weight is 437 g/mol. The van der Waals surface area contributed by atoms with Gasteiger partial charge in [-0.15, -0.1) is 0 Å². The van der Waals surface area contributed by atoms with Gasteiger partial charge >= 0.3 is 0 Å². The molecule has 1 fully saturated rings. The van der Waals surface area contributed by atoms with Gasteiger partial charge in [0, 0.05) is 27.2 Å². The van der Waals surface area contributed by atoms with E-state index in [1.54, 1.807) is 30.3 Å². The topological polar surface area (TPSA) is 86.0 Å². The number of piperidine rings is 1.